The zero-order valence-electron chi connectivity index (χ0n) is 32.5. The Morgan fingerprint density at radius 1 is 0.778 bits per heavy atom. The molecule has 54 heavy (non-hydrogen) atoms. The number of nitrogens with zero attached hydrogens (tertiary/aromatic N) is 4. The first kappa shape index (κ1) is 37.2. The van der Waals surface area contributed by atoms with Crippen LogP contribution in [0.5, 0.6) is 0 Å². The van der Waals surface area contributed by atoms with Gasteiger partial charge in [-0.15, -0.1) is 11.8 Å². The Morgan fingerprint density at radius 3 is 1.98 bits per heavy atom. The fourth-order valence-corrected chi connectivity index (χ4v) is 11.7. The summed E-state index contributed by atoms with van der Waals surface area (Å²) >= 11 is 3.52. The van der Waals surface area contributed by atoms with E-state index in [0.717, 1.165) is 101 Å². The van der Waals surface area contributed by atoms with Crippen molar-refractivity contribution in [3.8, 4) is 22.3 Å². The van der Waals surface area contributed by atoms with E-state index in [4.69, 9.17) is 9.97 Å². The van der Waals surface area contributed by atoms with Gasteiger partial charge >= 0.3 is 0 Å². The van der Waals surface area contributed by atoms with Crippen LogP contribution in [0.2, 0.25) is 0 Å². The highest BCUT2D eigenvalue weighted by molar-refractivity contribution is 8.02. The molecule has 8 rings (SSSR count). The minimum atomic E-state index is 0.0107. The molecule has 5 heterocycles. The number of H-pyrrole nitrogens is 2. The lowest BCUT2D eigenvalue weighted by atomic mass is 9.93. The predicted molar refractivity (Wildman–Crippen MR) is 224 cm³/mol. The van der Waals surface area contributed by atoms with Gasteiger partial charge in [0.25, 0.3) is 0 Å². The Hall–Kier alpha value is -3.76. The number of hydrogen-bond acceptors (Lipinski definition) is 6. The van der Waals surface area contributed by atoms with E-state index >= 15 is 0 Å². The number of fused-ring (bicyclic) bond motifs is 2. The molecule has 10 heteroatoms. The van der Waals surface area contributed by atoms with E-state index in [2.05, 4.69) is 117 Å². The standard InChI is InChI=1S/C44H54N6O2S2/c1-25(2)21-27(5)43(51)50-20-8-10-38(54-50)42-46-34-18-16-32(24-36(34)48-42)30-13-11-29(12-14-30)31-15-17-33-35(23-31)47-41(45-33)37-9-7-19-49(37)44(52)40-28(6)39(53-40)22-26(3)4/h11-18,23-28,37-40H,7-10,19-22H2,1-6H3,(H,45,47)(H,46,48). The molecule has 3 aliphatic heterocycles. The monoisotopic (exact) mass is 762 g/mol. The van der Waals surface area contributed by atoms with Gasteiger partial charge in [-0.05, 0) is 115 Å². The molecule has 2 aromatic heterocycles. The molecular weight excluding hydrogens is 709 g/mol. The minimum Gasteiger partial charge on any atom is -0.341 e. The van der Waals surface area contributed by atoms with Gasteiger partial charge in [0.1, 0.15) is 11.6 Å². The lowest BCUT2D eigenvalue weighted by molar-refractivity contribution is -0.133. The molecule has 0 aliphatic carbocycles. The van der Waals surface area contributed by atoms with Crippen LogP contribution in [-0.4, -0.2) is 64.5 Å². The van der Waals surface area contributed by atoms with Gasteiger partial charge in [-0.3, -0.25) is 13.9 Å². The molecular formula is C44H54N6O2S2. The number of imidazole rings is 2. The second kappa shape index (κ2) is 15.4. The maximum Gasteiger partial charge on any atom is 0.236 e. The Kier molecular flexibility index (Phi) is 10.6. The maximum atomic E-state index is 13.7. The molecule has 0 spiro atoms. The van der Waals surface area contributed by atoms with Crippen molar-refractivity contribution in [2.45, 2.75) is 102 Å². The number of aromatic amines is 2. The van der Waals surface area contributed by atoms with E-state index in [1.165, 1.54) is 6.42 Å². The number of aromatic nitrogens is 4. The van der Waals surface area contributed by atoms with Crippen LogP contribution in [0.25, 0.3) is 44.3 Å². The zero-order valence-corrected chi connectivity index (χ0v) is 34.1. The fourth-order valence-electron chi connectivity index (χ4n) is 8.70. The molecule has 2 amide bonds. The second-order valence-electron chi connectivity index (χ2n) is 16.8. The Balaban J connectivity index is 0.941. The highest BCUT2D eigenvalue weighted by atomic mass is 32.2. The first-order valence-corrected chi connectivity index (χ1v) is 21.8. The van der Waals surface area contributed by atoms with Gasteiger partial charge in [-0.2, -0.15) is 0 Å². The van der Waals surface area contributed by atoms with E-state index in [1.54, 1.807) is 11.9 Å². The number of amides is 2. The lowest BCUT2D eigenvalue weighted by Gasteiger charge is -2.44. The molecule has 3 fully saturated rings. The lowest BCUT2D eigenvalue weighted by Crippen LogP contribution is -2.50. The molecule has 8 nitrogen and oxygen atoms in total. The third-order valence-corrected chi connectivity index (χ3v) is 14.8. The molecule has 0 bridgehead atoms. The summed E-state index contributed by atoms with van der Waals surface area (Å²) in [6.07, 6.45) is 6.04. The molecule has 0 radical (unpaired) electrons. The van der Waals surface area contributed by atoms with Crippen LogP contribution in [0, 0.1) is 23.7 Å². The van der Waals surface area contributed by atoms with Crippen molar-refractivity contribution in [3.05, 3.63) is 72.3 Å². The van der Waals surface area contributed by atoms with Crippen molar-refractivity contribution in [2.75, 3.05) is 13.1 Å². The van der Waals surface area contributed by atoms with Gasteiger partial charge in [-0.25, -0.2) is 9.97 Å². The highest BCUT2D eigenvalue weighted by Crippen LogP contribution is 2.48. The van der Waals surface area contributed by atoms with Crippen LogP contribution in [0.15, 0.2) is 60.7 Å². The number of nitrogens with one attached hydrogen (secondary N) is 2. The molecule has 0 saturated carbocycles. The van der Waals surface area contributed by atoms with Gasteiger partial charge in [0.2, 0.25) is 11.8 Å². The molecule has 5 aromatic rings. The normalized spacial score (nSPS) is 23.8. The number of benzene rings is 3. The first-order chi connectivity index (χ1) is 26.0. The topological polar surface area (TPSA) is 98.0 Å². The fraction of sp³-hybridized carbons (Fsp3) is 0.500. The number of carbonyl (C=O) groups is 2. The number of carbonyl (C=O) groups excluding carboxylic acids is 2. The quantitative estimate of drug-likeness (QED) is 0.138. The van der Waals surface area contributed by atoms with E-state index in [1.807, 2.05) is 16.1 Å². The van der Waals surface area contributed by atoms with Crippen molar-refractivity contribution in [1.29, 1.82) is 0 Å². The zero-order chi connectivity index (χ0) is 37.7. The van der Waals surface area contributed by atoms with Crippen molar-refractivity contribution < 1.29 is 9.59 Å². The van der Waals surface area contributed by atoms with E-state index < -0.39 is 0 Å². The molecule has 3 aromatic carbocycles. The number of hydrogen-bond donors (Lipinski definition) is 2. The van der Waals surface area contributed by atoms with Gasteiger partial charge in [0, 0.05) is 24.3 Å². The highest BCUT2D eigenvalue weighted by Gasteiger charge is 2.47. The van der Waals surface area contributed by atoms with Gasteiger partial charge in [0.05, 0.1) is 38.6 Å². The molecule has 284 valence electrons. The number of likely N-dealkylation sites (tertiary alicyclic amines) is 1. The van der Waals surface area contributed by atoms with Crippen LogP contribution in [0.3, 0.4) is 0 Å². The van der Waals surface area contributed by atoms with E-state index in [9.17, 15) is 9.59 Å². The molecule has 3 saturated heterocycles. The predicted octanol–water partition coefficient (Wildman–Crippen LogP) is 10.6. The summed E-state index contributed by atoms with van der Waals surface area (Å²) < 4.78 is 1.98. The Morgan fingerprint density at radius 2 is 1.37 bits per heavy atom. The van der Waals surface area contributed by atoms with Gasteiger partial charge in [0.15, 0.2) is 0 Å². The van der Waals surface area contributed by atoms with Crippen molar-refractivity contribution >= 4 is 57.6 Å². The molecule has 3 aliphatic rings. The Labute approximate surface area is 328 Å². The number of rotatable bonds is 10. The third kappa shape index (κ3) is 7.45. The Bertz CT molecular complexity index is 2140. The summed E-state index contributed by atoms with van der Waals surface area (Å²) in [5, 5.41) is 0.804. The van der Waals surface area contributed by atoms with Crippen LogP contribution in [0.4, 0.5) is 0 Å². The largest absolute Gasteiger partial charge is 0.341 e. The molecule has 6 atom stereocenters. The van der Waals surface area contributed by atoms with Gasteiger partial charge < -0.3 is 14.9 Å². The second-order valence-corrected chi connectivity index (χ2v) is 19.4. The molecule has 6 unspecified atom stereocenters. The van der Waals surface area contributed by atoms with Crippen molar-refractivity contribution in [1.82, 2.24) is 29.1 Å². The van der Waals surface area contributed by atoms with E-state index in [-0.39, 0.29) is 28.4 Å². The SMILES string of the molecule is CC(C)CC(C)C(=O)N1CCCC(c2nc3ccc(-c4ccc(-c5ccc6nc(C7CCCN7C(=O)C7SC(CC(C)C)C7C)[nH]c6c5)cc4)cc3[nH]2)S1. The average Bonchev–Trinajstić information content (AvgIpc) is 3.93. The molecule has 2 N–H and O–H groups in total. The van der Waals surface area contributed by atoms with Crippen LogP contribution in [-0.2, 0) is 9.59 Å². The maximum absolute atomic E-state index is 13.7. The summed E-state index contributed by atoms with van der Waals surface area (Å²) in [5.74, 6) is 4.01. The van der Waals surface area contributed by atoms with E-state index in [0.29, 0.717) is 28.9 Å². The summed E-state index contributed by atoms with van der Waals surface area (Å²) in [6, 6.07) is 21.6. The van der Waals surface area contributed by atoms with Crippen molar-refractivity contribution in [3.63, 3.8) is 0 Å². The van der Waals surface area contributed by atoms with Crippen LogP contribution >= 0.6 is 23.7 Å². The summed E-state index contributed by atoms with van der Waals surface area (Å²) in [5.41, 5.74) is 8.45. The summed E-state index contributed by atoms with van der Waals surface area (Å²) in [7, 11) is 0. The third-order valence-electron chi connectivity index (χ3n) is 11.6. The average molecular weight is 763 g/mol. The van der Waals surface area contributed by atoms with Crippen LogP contribution in [0.1, 0.15) is 103 Å². The smallest absolute Gasteiger partial charge is 0.236 e. The van der Waals surface area contributed by atoms with Crippen LogP contribution < -0.4 is 0 Å². The minimum absolute atomic E-state index is 0.0107. The van der Waals surface area contributed by atoms with Crippen molar-refractivity contribution in [2.24, 2.45) is 23.7 Å². The van der Waals surface area contributed by atoms with Gasteiger partial charge in [-0.1, -0.05) is 77.9 Å². The first-order valence-electron chi connectivity index (χ1n) is 20.1. The summed E-state index contributed by atoms with van der Waals surface area (Å²) in [4.78, 5) is 46.1. The number of thioether (sulfide) groups is 1. The summed E-state index contributed by atoms with van der Waals surface area (Å²) in [6.45, 7) is 14.8.